The molecule has 4 rings (SSSR count). The molecule has 1 fully saturated rings. The molecule has 0 atom stereocenters. The van der Waals surface area contributed by atoms with Crippen LogP contribution in [0.5, 0.6) is 5.75 Å². The summed E-state index contributed by atoms with van der Waals surface area (Å²) in [5.41, 5.74) is 5.00. The predicted molar refractivity (Wildman–Crippen MR) is 173 cm³/mol. The Morgan fingerprint density at radius 1 is 1.02 bits per heavy atom. The molecule has 1 aromatic heterocycles. The number of aromatic nitrogens is 2. The third kappa shape index (κ3) is 11.0. The van der Waals surface area contributed by atoms with Crippen LogP contribution in [0, 0.1) is 12.3 Å². The SMILES string of the molecule is CS(=O)(=O)O.Cc1c(C(=O)NN2CCCCC2)nc(-c2ccc(Cl)cc2Cl)n1-c1ccc(OS(=O)(=O)CCC(C)(C)C)cc1. The fraction of sp³-hybridized carbons (Fsp3) is 0.448. The Morgan fingerprint density at radius 2 is 1.61 bits per heavy atom. The highest BCUT2D eigenvalue weighted by molar-refractivity contribution is 7.87. The standard InChI is InChI=1S/C28H34Cl2N4O4S.CH4O3S/c1-19-25(27(35)32-33-15-6-5-7-16-33)31-26(23-13-8-20(29)18-24(23)30)34(19)21-9-11-22(12-10-21)38-39(36,37)17-14-28(2,3)4;1-5(2,3)4/h8-13,18H,5-7,14-17H2,1-4H3,(H,32,35);1H3,(H,2,3,4). The molecular weight excluding hydrogens is 651 g/mol. The number of carbonyl (C=O) groups excluding carboxylic acids is 1. The number of benzene rings is 2. The molecule has 15 heteroatoms. The summed E-state index contributed by atoms with van der Waals surface area (Å²) in [4.78, 5) is 18.0. The summed E-state index contributed by atoms with van der Waals surface area (Å²) in [6.45, 7) is 9.35. The zero-order chi connectivity index (χ0) is 32.9. The van der Waals surface area contributed by atoms with Crippen molar-refractivity contribution in [2.75, 3.05) is 25.1 Å². The van der Waals surface area contributed by atoms with Gasteiger partial charge in [-0.2, -0.15) is 16.8 Å². The predicted octanol–water partition coefficient (Wildman–Crippen LogP) is 5.93. The van der Waals surface area contributed by atoms with Crippen LogP contribution in [0.1, 0.15) is 62.6 Å². The number of amides is 1. The molecule has 0 bridgehead atoms. The molecule has 2 heterocycles. The Labute approximate surface area is 269 Å². The number of carbonyl (C=O) groups is 1. The molecule has 242 valence electrons. The van der Waals surface area contributed by atoms with Crippen molar-refractivity contribution in [2.45, 2.75) is 53.4 Å². The molecule has 1 aliphatic heterocycles. The van der Waals surface area contributed by atoms with Crippen LogP contribution < -0.4 is 9.61 Å². The van der Waals surface area contributed by atoms with Crippen molar-refractivity contribution in [1.82, 2.24) is 20.0 Å². The highest BCUT2D eigenvalue weighted by Gasteiger charge is 2.25. The van der Waals surface area contributed by atoms with Crippen molar-refractivity contribution in [3.8, 4) is 22.8 Å². The Kier molecular flexibility index (Phi) is 11.9. The average molecular weight is 690 g/mol. The average Bonchev–Trinajstić information content (AvgIpc) is 3.24. The van der Waals surface area contributed by atoms with Gasteiger partial charge in [-0.3, -0.25) is 19.3 Å². The van der Waals surface area contributed by atoms with E-state index in [0.29, 0.717) is 45.5 Å². The number of halogens is 2. The molecule has 11 nitrogen and oxygen atoms in total. The first-order valence-corrected chi connectivity index (χ1v) is 18.1. The summed E-state index contributed by atoms with van der Waals surface area (Å²) in [6.07, 6.45) is 4.40. The zero-order valence-corrected chi connectivity index (χ0v) is 28.4. The maximum absolute atomic E-state index is 13.3. The van der Waals surface area contributed by atoms with Crippen molar-refractivity contribution in [2.24, 2.45) is 5.41 Å². The number of imidazole rings is 1. The summed E-state index contributed by atoms with van der Waals surface area (Å²) < 4.78 is 58.0. The van der Waals surface area contributed by atoms with Gasteiger partial charge in [0, 0.05) is 29.4 Å². The van der Waals surface area contributed by atoms with E-state index in [-0.39, 0.29) is 28.5 Å². The number of rotatable bonds is 8. The van der Waals surface area contributed by atoms with Gasteiger partial charge < -0.3 is 4.18 Å². The van der Waals surface area contributed by atoms with Crippen LogP contribution in [-0.4, -0.2) is 67.0 Å². The lowest BCUT2D eigenvalue weighted by Crippen LogP contribution is -2.45. The van der Waals surface area contributed by atoms with Gasteiger partial charge in [-0.15, -0.1) is 0 Å². The van der Waals surface area contributed by atoms with Gasteiger partial charge in [-0.25, -0.2) is 9.99 Å². The van der Waals surface area contributed by atoms with Gasteiger partial charge in [0.15, 0.2) is 5.69 Å². The second-order valence-electron chi connectivity index (χ2n) is 11.7. The minimum absolute atomic E-state index is 0.0758. The van der Waals surface area contributed by atoms with E-state index in [9.17, 15) is 21.6 Å². The minimum atomic E-state index is -3.74. The molecule has 0 spiro atoms. The van der Waals surface area contributed by atoms with E-state index < -0.39 is 20.2 Å². The van der Waals surface area contributed by atoms with E-state index in [4.69, 9.17) is 36.9 Å². The highest BCUT2D eigenvalue weighted by atomic mass is 35.5. The molecular formula is C29H38Cl2N4O7S2. The first-order chi connectivity index (χ1) is 20.3. The van der Waals surface area contributed by atoms with E-state index in [2.05, 4.69) is 5.43 Å². The molecule has 44 heavy (non-hydrogen) atoms. The highest BCUT2D eigenvalue weighted by Crippen LogP contribution is 2.34. The molecule has 1 aliphatic rings. The fourth-order valence-corrected chi connectivity index (χ4v) is 6.20. The lowest BCUT2D eigenvalue weighted by Gasteiger charge is -2.26. The molecule has 1 amide bonds. The molecule has 2 aromatic carbocycles. The van der Waals surface area contributed by atoms with E-state index in [1.165, 1.54) is 0 Å². The summed E-state index contributed by atoms with van der Waals surface area (Å²) in [5.74, 6) is 0.293. The minimum Gasteiger partial charge on any atom is -0.382 e. The van der Waals surface area contributed by atoms with Crippen molar-refractivity contribution in [3.05, 3.63) is 63.9 Å². The van der Waals surface area contributed by atoms with Crippen LogP contribution in [-0.2, 0) is 20.2 Å². The van der Waals surface area contributed by atoms with Gasteiger partial charge in [0.2, 0.25) is 0 Å². The maximum Gasteiger partial charge on any atom is 0.309 e. The summed E-state index contributed by atoms with van der Waals surface area (Å²) in [5, 5.41) is 2.79. The smallest absolute Gasteiger partial charge is 0.309 e. The molecule has 1 saturated heterocycles. The number of piperidine rings is 1. The van der Waals surface area contributed by atoms with Crippen molar-refractivity contribution >= 4 is 49.3 Å². The largest absolute Gasteiger partial charge is 0.382 e. The van der Waals surface area contributed by atoms with Crippen molar-refractivity contribution < 1.29 is 30.4 Å². The van der Waals surface area contributed by atoms with Crippen LogP contribution in [0.3, 0.4) is 0 Å². The molecule has 0 radical (unpaired) electrons. The van der Waals surface area contributed by atoms with Gasteiger partial charge in [0.25, 0.3) is 16.0 Å². The van der Waals surface area contributed by atoms with Crippen LogP contribution in [0.2, 0.25) is 10.0 Å². The Morgan fingerprint density at radius 3 is 2.16 bits per heavy atom. The Hall–Kier alpha value is -2.68. The molecule has 0 aliphatic carbocycles. The quantitative estimate of drug-likeness (QED) is 0.217. The Bertz CT molecular complexity index is 1670. The van der Waals surface area contributed by atoms with E-state index in [1.807, 2.05) is 37.3 Å². The van der Waals surface area contributed by atoms with Crippen molar-refractivity contribution in [1.29, 1.82) is 0 Å². The second kappa shape index (κ2) is 14.6. The monoisotopic (exact) mass is 688 g/mol. The van der Waals surface area contributed by atoms with E-state index in [0.717, 1.165) is 32.4 Å². The van der Waals surface area contributed by atoms with Gasteiger partial charge in [-0.05, 0) is 74.1 Å². The van der Waals surface area contributed by atoms with Crippen LogP contribution in [0.15, 0.2) is 42.5 Å². The number of hydrogen-bond acceptors (Lipinski definition) is 8. The number of hydrazine groups is 1. The second-order valence-corrected chi connectivity index (χ2v) is 15.7. The molecule has 3 aromatic rings. The lowest BCUT2D eigenvalue weighted by molar-refractivity contribution is 0.0744. The molecule has 0 unspecified atom stereocenters. The molecule has 2 N–H and O–H groups in total. The number of nitrogens with zero attached hydrogens (tertiary/aromatic N) is 3. The maximum atomic E-state index is 13.3. The van der Waals surface area contributed by atoms with Gasteiger partial charge in [-0.1, -0.05) is 50.4 Å². The zero-order valence-electron chi connectivity index (χ0n) is 25.3. The van der Waals surface area contributed by atoms with Gasteiger partial charge in [0.05, 0.1) is 22.7 Å². The summed E-state index contributed by atoms with van der Waals surface area (Å²) >= 11 is 12.7. The van der Waals surface area contributed by atoms with Crippen LogP contribution >= 0.6 is 23.2 Å². The van der Waals surface area contributed by atoms with Crippen molar-refractivity contribution in [3.63, 3.8) is 0 Å². The van der Waals surface area contributed by atoms with Crippen LogP contribution in [0.25, 0.3) is 17.1 Å². The fourth-order valence-electron chi connectivity index (χ4n) is 4.36. The van der Waals surface area contributed by atoms with E-state index in [1.54, 1.807) is 42.5 Å². The topological polar surface area (TPSA) is 148 Å². The van der Waals surface area contributed by atoms with Gasteiger partial charge >= 0.3 is 10.1 Å². The normalized spacial score (nSPS) is 14.5. The third-order valence-electron chi connectivity index (χ3n) is 6.53. The van der Waals surface area contributed by atoms with Crippen LogP contribution in [0.4, 0.5) is 0 Å². The Balaban J connectivity index is 0.000000978. The van der Waals surface area contributed by atoms with Gasteiger partial charge in [0.1, 0.15) is 11.6 Å². The summed E-state index contributed by atoms with van der Waals surface area (Å²) in [6, 6.07) is 11.7. The summed E-state index contributed by atoms with van der Waals surface area (Å²) in [7, 11) is -7.41. The first-order valence-electron chi connectivity index (χ1n) is 13.9. The number of hydrogen-bond donors (Lipinski definition) is 2. The van der Waals surface area contributed by atoms with E-state index >= 15 is 0 Å². The first kappa shape index (κ1) is 35.8. The number of nitrogens with one attached hydrogen (secondary N) is 1. The molecule has 0 saturated carbocycles. The third-order valence-corrected chi connectivity index (χ3v) is 8.23. The lowest BCUT2D eigenvalue weighted by atomic mass is 9.94.